The smallest absolute Gasteiger partial charge is 0.338 e. The van der Waals surface area contributed by atoms with Crippen molar-refractivity contribution in [1.82, 2.24) is 0 Å². The number of nitrogens with one attached hydrogen (secondary N) is 1. The summed E-state index contributed by atoms with van der Waals surface area (Å²) < 4.78 is 5.04. The van der Waals surface area contributed by atoms with E-state index in [-0.39, 0.29) is 17.1 Å². The molecule has 0 saturated heterocycles. The highest BCUT2D eigenvalue weighted by Crippen LogP contribution is 2.25. The minimum atomic E-state index is -0.377. The van der Waals surface area contributed by atoms with Crippen molar-refractivity contribution in [1.29, 1.82) is 0 Å². The molecule has 5 heteroatoms. The van der Waals surface area contributed by atoms with Gasteiger partial charge in [0.2, 0.25) is 5.91 Å². The molecular weight excluding hydrogens is 322 g/mol. The maximum Gasteiger partial charge on any atom is 0.338 e. The van der Waals surface area contributed by atoms with Gasteiger partial charge in [-0.25, -0.2) is 4.79 Å². The van der Waals surface area contributed by atoms with Gasteiger partial charge >= 0.3 is 5.97 Å². The van der Waals surface area contributed by atoms with Gasteiger partial charge in [0.25, 0.3) is 0 Å². The van der Waals surface area contributed by atoms with Crippen LogP contribution in [0.25, 0.3) is 0 Å². The summed E-state index contributed by atoms with van der Waals surface area (Å²) in [5, 5.41) is 2.65. The number of carbonyl (C=O) groups is 2. The lowest BCUT2D eigenvalue weighted by Crippen LogP contribution is -2.23. The van der Waals surface area contributed by atoms with Gasteiger partial charge in [-0.3, -0.25) is 4.79 Å². The quantitative estimate of drug-likeness (QED) is 0.628. The van der Waals surface area contributed by atoms with Crippen molar-refractivity contribution in [2.24, 2.45) is 0 Å². The number of amides is 1. The van der Waals surface area contributed by atoms with Gasteiger partial charge in [0, 0.05) is 10.6 Å². The molecule has 1 atom stereocenters. The zero-order valence-electron chi connectivity index (χ0n) is 14.0. The average Bonchev–Trinajstić information content (AvgIpc) is 2.57. The number of esters is 1. The molecule has 0 heterocycles. The van der Waals surface area contributed by atoms with Crippen LogP contribution in [0.15, 0.2) is 53.4 Å². The van der Waals surface area contributed by atoms with E-state index < -0.39 is 0 Å². The minimum absolute atomic E-state index is 0.104. The number of benzene rings is 2. The summed E-state index contributed by atoms with van der Waals surface area (Å²) in [6.07, 6.45) is 0. The predicted molar refractivity (Wildman–Crippen MR) is 97.5 cm³/mol. The lowest BCUT2D eigenvalue weighted by atomic mass is 10.1. The summed E-state index contributed by atoms with van der Waals surface area (Å²) in [6, 6.07) is 15.0. The van der Waals surface area contributed by atoms with Crippen LogP contribution >= 0.6 is 11.8 Å². The van der Waals surface area contributed by atoms with Gasteiger partial charge in [0.15, 0.2) is 0 Å². The molecule has 2 aromatic rings. The van der Waals surface area contributed by atoms with Crippen molar-refractivity contribution >= 4 is 29.3 Å². The third kappa shape index (κ3) is 4.61. The van der Waals surface area contributed by atoms with Crippen LogP contribution < -0.4 is 5.32 Å². The third-order valence-corrected chi connectivity index (χ3v) is 4.62. The van der Waals surface area contributed by atoms with Crippen LogP contribution in [0.1, 0.15) is 29.8 Å². The number of rotatable bonds is 6. The first-order valence-corrected chi connectivity index (χ1v) is 8.70. The van der Waals surface area contributed by atoms with Crippen molar-refractivity contribution in [2.75, 3.05) is 11.9 Å². The van der Waals surface area contributed by atoms with Gasteiger partial charge in [-0.15, -0.1) is 11.8 Å². The highest BCUT2D eigenvalue weighted by atomic mass is 32.2. The third-order valence-electron chi connectivity index (χ3n) is 3.51. The lowest BCUT2D eigenvalue weighted by molar-refractivity contribution is -0.115. The number of ether oxygens (including phenoxy) is 1. The fourth-order valence-electron chi connectivity index (χ4n) is 2.19. The van der Waals surface area contributed by atoms with Crippen LogP contribution in [0.4, 0.5) is 5.69 Å². The van der Waals surface area contributed by atoms with Gasteiger partial charge in [-0.1, -0.05) is 24.3 Å². The number of carbonyl (C=O) groups excluding carboxylic acids is 2. The summed E-state index contributed by atoms with van der Waals surface area (Å²) >= 11 is 1.49. The molecule has 2 aromatic carbocycles. The second-order valence-electron chi connectivity index (χ2n) is 5.26. The highest BCUT2D eigenvalue weighted by Gasteiger charge is 2.18. The molecule has 0 saturated carbocycles. The van der Waals surface area contributed by atoms with Gasteiger partial charge < -0.3 is 10.1 Å². The summed E-state index contributed by atoms with van der Waals surface area (Å²) in [5.74, 6) is -0.481. The summed E-state index contributed by atoms with van der Waals surface area (Å²) in [6.45, 7) is 5.75. The number of hydrogen-bond acceptors (Lipinski definition) is 4. The fraction of sp³-hybridized carbons (Fsp3) is 0.263. The highest BCUT2D eigenvalue weighted by molar-refractivity contribution is 8.00. The van der Waals surface area contributed by atoms with Crippen LogP contribution in [0.3, 0.4) is 0 Å². The second-order valence-corrected chi connectivity index (χ2v) is 6.68. The summed E-state index contributed by atoms with van der Waals surface area (Å²) in [4.78, 5) is 25.4. The van der Waals surface area contributed by atoms with Crippen LogP contribution in [-0.2, 0) is 9.53 Å². The number of anilines is 1. The maximum atomic E-state index is 12.4. The fourth-order valence-corrected chi connectivity index (χ4v) is 3.08. The van der Waals surface area contributed by atoms with E-state index in [1.807, 2.05) is 37.3 Å². The van der Waals surface area contributed by atoms with Crippen molar-refractivity contribution in [3.8, 4) is 0 Å². The van der Waals surface area contributed by atoms with Gasteiger partial charge in [0.05, 0.1) is 17.4 Å². The molecule has 4 nitrogen and oxygen atoms in total. The Kier molecular flexibility index (Phi) is 6.44. The van der Waals surface area contributed by atoms with Crippen molar-refractivity contribution < 1.29 is 14.3 Å². The van der Waals surface area contributed by atoms with Crippen molar-refractivity contribution in [3.05, 3.63) is 59.7 Å². The van der Waals surface area contributed by atoms with Crippen molar-refractivity contribution in [3.63, 3.8) is 0 Å². The zero-order valence-corrected chi connectivity index (χ0v) is 14.9. The van der Waals surface area contributed by atoms with E-state index in [0.29, 0.717) is 23.4 Å². The molecule has 0 spiro atoms. The Morgan fingerprint density at radius 3 is 2.50 bits per heavy atom. The number of hydrogen-bond donors (Lipinski definition) is 1. The Balaban J connectivity index is 2.08. The van der Waals surface area contributed by atoms with E-state index in [9.17, 15) is 9.59 Å². The second kappa shape index (κ2) is 8.55. The summed E-state index contributed by atoms with van der Waals surface area (Å²) in [7, 11) is 0. The Labute approximate surface area is 146 Å². The van der Waals surface area contributed by atoms with Gasteiger partial charge in [-0.05, 0) is 50.6 Å². The molecule has 0 aliphatic heterocycles. The van der Waals surface area contributed by atoms with Gasteiger partial charge in [-0.2, -0.15) is 0 Å². The molecule has 0 bridgehead atoms. The van der Waals surface area contributed by atoms with E-state index in [4.69, 9.17) is 4.74 Å². The molecule has 1 amide bonds. The Hall–Kier alpha value is -2.27. The predicted octanol–water partition coefficient (Wildman–Crippen LogP) is 4.29. The minimum Gasteiger partial charge on any atom is -0.462 e. The van der Waals surface area contributed by atoms with Crippen LogP contribution in [0.2, 0.25) is 0 Å². The monoisotopic (exact) mass is 343 g/mol. The van der Waals surface area contributed by atoms with E-state index in [2.05, 4.69) is 5.32 Å². The lowest BCUT2D eigenvalue weighted by Gasteiger charge is -2.15. The molecule has 0 aromatic heterocycles. The topological polar surface area (TPSA) is 55.4 Å². The number of thioether (sulfide) groups is 1. The molecule has 0 fully saturated rings. The molecule has 24 heavy (non-hydrogen) atoms. The Bertz CT molecular complexity index is 716. The molecule has 0 aliphatic rings. The van der Waals surface area contributed by atoms with Crippen LogP contribution in [0.5, 0.6) is 0 Å². The summed E-state index contributed by atoms with van der Waals surface area (Å²) in [5.41, 5.74) is 1.81. The molecule has 1 N–H and O–H groups in total. The molecule has 126 valence electrons. The Morgan fingerprint density at radius 1 is 1.12 bits per heavy atom. The largest absolute Gasteiger partial charge is 0.462 e. The Morgan fingerprint density at radius 2 is 1.83 bits per heavy atom. The zero-order chi connectivity index (χ0) is 17.5. The first-order valence-electron chi connectivity index (χ1n) is 7.82. The van der Waals surface area contributed by atoms with Crippen LogP contribution in [-0.4, -0.2) is 23.7 Å². The first-order chi connectivity index (χ1) is 11.5. The molecule has 2 rings (SSSR count). The molecule has 0 radical (unpaired) electrons. The van der Waals surface area contributed by atoms with Gasteiger partial charge in [0.1, 0.15) is 0 Å². The maximum absolute atomic E-state index is 12.4. The van der Waals surface area contributed by atoms with E-state index >= 15 is 0 Å². The van der Waals surface area contributed by atoms with E-state index in [0.717, 1.165) is 4.90 Å². The standard InChI is InChI=1S/C19H21NO3S/c1-4-23-19(22)16-11-8-12-17(13(16)2)20-18(21)14(3)24-15-9-6-5-7-10-15/h5-12,14H,4H2,1-3H3,(H,20,21)/t14-/m1/s1. The average molecular weight is 343 g/mol. The molecule has 0 aliphatic carbocycles. The molecular formula is C19H21NO3S. The van der Waals surface area contributed by atoms with E-state index in [1.54, 1.807) is 32.0 Å². The SMILES string of the molecule is CCOC(=O)c1cccc(NC(=O)[C@@H](C)Sc2ccccc2)c1C. The normalized spacial score (nSPS) is 11.6. The van der Waals surface area contributed by atoms with Crippen molar-refractivity contribution in [2.45, 2.75) is 30.9 Å². The molecule has 0 unspecified atom stereocenters. The van der Waals surface area contributed by atoms with Crippen LogP contribution in [0, 0.1) is 6.92 Å². The van der Waals surface area contributed by atoms with E-state index in [1.165, 1.54) is 11.8 Å². The first kappa shape index (κ1) is 18.1.